The molecular weight excluding hydrogens is 385 g/mol. The molecule has 0 unspecified atom stereocenters. The third-order valence-corrected chi connectivity index (χ3v) is 4.93. The molecule has 0 aliphatic heterocycles. The molecule has 160 valence electrons. The Morgan fingerprint density at radius 2 is 1.70 bits per heavy atom. The average Bonchev–Trinajstić information content (AvgIpc) is 2.68. The first-order chi connectivity index (χ1) is 14.2. The molecule has 0 saturated heterocycles. The van der Waals surface area contributed by atoms with Gasteiger partial charge in [-0.3, -0.25) is 9.78 Å². The van der Waals surface area contributed by atoms with E-state index < -0.39 is 11.7 Å². The number of ether oxygens (including phenoxy) is 1. The van der Waals surface area contributed by atoms with Gasteiger partial charge in [-0.15, -0.1) is 0 Å². The second kappa shape index (κ2) is 9.24. The fourth-order valence-corrected chi connectivity index (χ4v) is 3.47. The summed E-state index contributed by atoms with van der Waals surface area (Å²) >= 11 is 0. The molecule has 7 heteroatoms. The van der Waals surface area contributed by atoms with Gasteiger partial charge in [0.25, 0.3) is 5.91 Å². The maximum Gasteiger partial charge on any atom is 0.407 e. The number of hydrogen-bond donors (Lipinski definition) is 2. The van der Waals surface area contributed by atoms with Crippen LogP contribution in [0.1, 0.15) is 56.8 Å². The minimum atomic E-state index is -0.520. The topological polar surface area (TPSA) is 80.3 Å². The van der Waals surface area contributed by atoms with Crippen LogP contribution in [0.25, 0.3) is 11.3 Å². The van der Waals surface area contributed by atoms with Crippen LogP contribution in [-0.4, -0.2) is 34.7 Å². The lowest BCUT2D eigenvalue weighted by Crippen LogP contribution is -2.45. The highest BCUT2D eigenvalue weighted by Gasteiger charge is 2.25. The van der Waals surface area contributed by atoms with E-state index >= 15 is 0 Å². The van der Waals surface area contributed by atoms with Crippen molar-refractivity contribution in [2.45, 2.75) is 64.1 Å². The van der Waals surface area contributed by atoms with E-state index in [0.29, 0.717) is 16.8 Å². The van der Waals surface area contributed by atoms with Gasteiger partial charge in [-0.2, -0.15) is 0 Å². The average molecular weight is 413 g/mol. The molecule has 1 saturated carbocycles. The monoisotopic (exact) mass is 413 g/mol. The van der Waals surface area contributed by atoms with Crippen LogP contribution in [0.3, 0.4) is 0 Å². The second-order valence-corrected chi connectivity index (χ2v) is 8.61. The number of carbonyl (C=O) groups excluding carboxylic acids is 2. The Bertz CT molecular complexity index is 885. The van der Waals surface area contributed by atoms with Crippen molar-refractivity contribution >= 4 is 12.0 Å². The van der Waals surface area contributed by atoms with Gasteiger partial charge in [0.15, 0.2) is 0 Å². The third kappa shape index (κ3) is 6.27. The van der Waals surface area contributed by atoms with Gasteiger partial charge in [-0.05, 0) is 70.7 Å². The van der Waals surface area contributed by atoms with Crippen LogP contribution < -0.4 is 10.6 Å². The zero-order chi connectivity index (χ0) is 21.7. The van der Waals surface area contributed by atoms with E-state index in [-0.39, 0.29) is 23.8 Å². The predicted molar refractivity (Wildman–Crippen MR) is 113 cm³/mol. The maximum absolute atomic E-state index is 13.4. The van der Waals surface area contributed by atoms with Crippen LogP contribution in [0.15, 0.2) is 42.6 Å². The van der Waals surface area contributed by atoms with Gasteiger partial charge in [0.05, 0.1) is 11.3 Å². The first kappa shape index (κ1) is 21.7. The van der Waals surface area contributed by atoms with Gasteiger partial charge in [0.2, 0.25) is 0 Å². The van der Waals surface area contributed by atoms with E-state index in [1.165, 1.54) is 18.3 Å². The summed E-state index contributed by atoms with van der Waals surface area (Å²) in [5.74, 6) is -0.510. The summed E-state index contributed by atoms with van der Waals surface area (Å²) in [4.78, 5) is 28.7. The number of amides is 2. The summed E-state index contributed by atoms with van der Waals surface area (Å²) in [6.45, 7) is 5.50. The zero-order valence-electron chi connectivity index (χ0n) is 17.6. The van der Waals surface area contributed by atoms with E-state index in [9.17, 15) is 14.0 Å². The van der Waals surface area contributed by atoms with Gasteiger partial charge >= 0.3 is 6.09 Å². The van der Waals surface area contributed by atoms with Gasteiger partial charge in [-0.25, -0.2) is 9.18 Å². The van der Waals surface area contributed by atoms with Gasteiger partial charge in [0.1, 0.15) is 11.4 Å². The molecule has 3 rings (SSSR count). The molecule has 30 heavy (non-hydrogen) atoms. The normalized spacial score (nSPS) is 19.1. The fraction of sp³-hybridized carbons (Fsp3) is 0.435. The van der Waals surface area contributed by atoms with E-state index in [1.54, 1.807) is 24.3 Å². The van der Waals surface area contributed by atoms with Crippen LogP contribution >= 0.6 is 0 Å². The molecule has 2 amide bonds. The molecule has 1 aromatic carbocycles. The SMILES string of the molecule is CC(C)(C)OC(=O)N[C@H]1CC[C@@H](NC(=O)c2ccc(-c3cccc(F)c3)nc2)CC1. The van der Waals surface area contributed by atoms with Crippen LogP contribution in [0.4, 0.5) is 9.18 Å². The Kier molecular flexibility index (Phi) is 6.70. The van der Waals surface area contributed by atoms with Crippen molar-refractivity contribution in [3.8, 4) is 11.3 Å². The zero-order valence-corrected chi connectivity index (χ0v) is 17.6. The van der Waals surface area contributed by atoms with Crippen molar-refractivity contribution < 1.29 is 18.7 Å². The summed E-state index contributed by atoms with van der Waals surface area (Å²) in [6.07, 6.45) is 4.22. The first-order valence-electron chi connectivity index (χ1n) is 10.2. The van der Waals surface area contributed by atoms with Crippen LogP contribution in [0, 0.1) is 5.82 Å². The van der Waals surface area contributed by atoms with Gasteiger partial charge in [-0.1, -0.05) is 12.1 Å². The number of rotatable bonds is 4. The Labute approximate surface area is 176 Å². The molecule has 1 aromatic heterocycles. The van der Waals surface area contributed by atoms with E-state index in [2.05, 4.69) is 15.6 Å². The number of aromatic nitrogens is 1. The molecule has 6 nitrogen and oxygen atoms in total. The highest BCUT2D eigenvalue weighted by atomic mass is 19.1. The lowest BCUT2D eigenvalue weighted by Gasteiger charge is -2.30. The number of carbonyl (C=O) groups is 2. The highest BCUT2D eigenvalue weighted by Crippen LogP contribution is 2.21. The summed E-state index contributed by atoms with van der Waals surface area (Å²) in [5, 5.41) is 5.93. The standard InChI is InChI=1S/C23H28FN3O3/c1-23(2,3)30-22(29)27-19-10-8-18(9-11-19)26-21(28)16-7-12-20(25-14-16)15-5-4-6-17(24)13-15/h4-7,12-14,18-19H,8-11H2,1-3H3,(H,26,28)(H,27,29)/t18-,19+. The fourth-order valence-electron chi connectivity index (χ4n) is 3.47. The molecule has 1 heterocycles. The van der Waals surface area contributed by atoms with Crippen LogP contribution in [0.2, 0.25) is 0 Å². The van der Waals surface area contributed by atoms with Crippen molar-refractivity contribution in [2.24, 2.45) is 0 Å². The van der Waals surface area contributed by atoms with Gasteiger partial charge in [0, 0.05) is 23.8 Å². The minimum Gasteiger partial charge on any atom is -0.444 e. The third-order valence-electron chi connectivity index (χ3n) is 4.93. The molecule has 2 aromatic rings. The first-order valence-corrected chi connectivity index (χ1v) is 10.2. The second-order valence-electron chi connectivity index (χ2n) is 8.61. The molecule has 1 aliphatic carbocycles. The highest BCUT2D eigenvalue weighted by molar-refractivity contribution is 5.94. The van der Waals surface area contributed by atoms with Crippen molar-refractivity contribution in [2.75, 3.05) is 0 Å². The van der Waals surface area contributed by atoms with E-state index in [0.717, 1.165) is 25.7 Å². The summed E-state index contributed by atoms with van der Waals surface area (Å²) in [5.41, 5.74) is 1.22. The largest absolute Gasteiger partial charge is 0.444 e. The van der Waals surface area contributed by atoms with Crippen molar-refractivity contribution in [1.82, 2.24) is 15.6 Å². The summed E-state index contributed by atoms with van der Waals surface area (Å²) in [7, 11) is 0. The number of alkyl carbamates (subject to hydrolysis) is 1. The predicted octanol–water partition coefficient (Wildman–Crippen LogP) is 4.45. The van der Waals surface area contributed by atoms with Crippen LogP contribution in [0.5, 0.6) is 0 Å². The lowest BCUT2D eigenvalue weighted by molar-refractivity contribution is 0.0488. The Balaban J connectivity index is 1.48. The molecule has 1 fully saturated rings. The van der Waals surface area contributed by atoms with Crippen molar-refractivity contribution in [3.05, 3.63) is 54.0 Å². The summed E-state index contributed by atoms with van der Waals surface area (Å²) in [6, 6.07) is 9.70. The number of pyridine rings is 1. The molecular formula is C23H28FN3O3. The van der Waals surface area contributed by atoms with Crippen molar-refractivity contribution in [1.29, 1.82) is 0 Å². The Morgan fingerprint density at radius 1 is 1.03 bits per heavy atom. The number of halogens is 1. The number of nitrogens with zero attached hydrogens (tertiary/aromatic N) is 1. The molecule has 0 spiro atoms. The lowest BCUT2D eigenvalue weighted by atomic mass is 9.91. The van der Waals surface area contributed by atoms with Crippen molar-refractivity contribution in [3.63, 3.8) is 0 Å². The molecule has 0 bridgehead atoms. The molecule has 1 aliphatic rings. The molecule has 0 atom stereocenters. The van der Waals surface area contributed by atoms with Crippen LogP contribution in [-0.2, 0) is 4.74 Å². The smallest absolute Gasteiger partial charge is 0.407 e. The van der Waals surface area contributed by atoms with E-state index in [1.807, 2.05) is 20.8 Å². The number of nitrogens with one attached hydrogen (secondary N) is 2. The summed E-state index contributed by atoms with van der Waals surface area (Å²) < 4.78 is 18.7. The van der Waals surface area contributed by atoms with Gasteiger partial charge < -0.3 is 15.4 Å². The Morgan fingerprint density at radius 3 is 2.27 bits per heavy atom. The molecule has 0 radical (unpaired) electrons. The molecule has 2 N–H and O–H groups in total. The quantitative estimate of drug-likeness (QED) is 0.776. The van der Waals surface area contributed by atoms with E-state index in [4.69, 9.17) is 4.74 Å². The number of hydrogen-bond acceptors (Lipinski definition) is 4. The Hall–Kier alpha value is -2.96. The minimum absolute atomic E-state index is 0.0529. The maximum atomic E-state index is 13.4. The number of benzene rings is 1.